The van der Waals surface area contributed by atoms with Gasteiger partial charge in [-0.1, -0.05) is 0 Å². The lowest BCUT2D eigenvalue weighted by Gasteiger charge is -2.35. The molecule has 1 unspecified atom stereocenters. The molecule has 0 aliphatic carbocycles. The fourth-order valence-electron chi connectivity index (χ4n) is 1.75. The first-order valence-corrected chi connectivity index (χ1v) is 6.00. The van der Waals surface area contributed by atoms with E-state index < -0.39 is 18.0 Å². The second kappa shape index (κ2) is 6.93. The van der Waals surface area contributed by atoms with Crippen molar-refractivity contribution in [1.82, 2.24) is 15.1 Å². The van der Waals surface area contributed by atoms with Gasteiger partial charge in [0.05, 0.1) is 13.2 Å². The summed E-state index contributed by atoms with van der Waals surface area (Å²) in [4.78, 5) is 36.9. The quantitative estimate of drug-likeness (QED) is 0.681. The molecular formula is C11H19N3O5. The first kappa shape index (κ1) is 15.2. The molecule has 1 fully saturated rings. The van der Waals surface area contributed by atoms with E-state index in [2.05, 4.69) is 5.32 Å². The minimum atomic E-state index is -1.09. The van der Waals surface area contributed by atoms with Gasteiger partial charge in [0.15, 0.2) is 6.04 Å². The summed E-state index contributed by atoms with van der Waals surface area (Å²) < 4.78 is 5.06. The van der Waals surface area contributed by atoms with E-state index in [1.165, 1.54) is 16.8 Å². The summed E-state index contributed by atoms with van der Waals surface area (Å²) in [6.45, 7) is 0.783. The number of nitrogens with zero attached hydrogens (tertiary/aromatic N) is 2. The van der Waals surface area contributed by atoms with E-state index in [0.717, 1.165) is 0 Å². The topological polar surface area (TPSA) is 99.2 Å². The zero-order chi connectivity index (χ0) is 14.4. The molecule has 0 aromatic carbocycles. The maximum Gasteiger partial charge on any atom is 0.328 e. The minimum Gasteiger partial charge on any atom is -0.480 e. The molecular weight excluding hydrogens is 254 g/mol. The van der Waals surface area contributed by atoms with Gasteiger partial charge in [0, 0.05) is 33.6 Å². The van der Waals surface area contributed by atoms with Crippen LogP contribution in [0.2, 0.25) is 0 Å². The summed E-state index contributed by atoms with van der Waals surface area (Å²) in [6, 6.07) is -1.37. The first-order chi connectivity index (χ1) is 8.97. The summed E-state index contributed by atoms with van der Waals surface area (Å²) in [5.41, 5.74) is 0. The number of morpholine rings is 1. The molecule has 1 aliphatic rings. The maximum atomic E-state index is 12.1. The molecule has 0 aromatic heterocycles. The van der Waals surface area contributed by atoms with Crippen molar-refractivity contribution in [2.45, 2.75) is 12.5 Å². The molecule has 1 heterocycles. The van der Waals surface area contributed by atoms with Crippen LogP contribution in [0.5, 0.6) is 0 Å². The van der Waals surface area contributed by atoms with Gasteiger partial charge in [-0.25, -0.2) is 9.59 Å². The van der Waals surface area contributed by atoms with Crippen LogP contribution in [0.15, 0.2) is 0 Å². The average Bonchev–Trinajstić information content (AvgIpc) is 2.43. The van der Waals surface area contributed by atoms with Crippen molar-refractivity contribution in [1.29, 1.82) is 0 Å². The Kier molecular flexibility index (Phi) is 5.56. The fraction of sp³-hybridized carbons (Fsp3) is 0.727. The van der Waals surface area contributed by atoms with Crippen LogP contribution in [0, 0.1) is 0 Å². The van der Waals surface area contributed by atoms with Crippen LogP contribution >= 0.6 is 0 Å². The van der Waals surface area contributed by atoms with Gasteiger partial charge in [-0.15, -0.1) is 0 Å². The number of nitrogens with one attached hydrogen (secondary N) is 1. The predicted molar refractivity (Wildman–Crippen MR) is 65.7 cm³/mol. The Morgan fingerprint density at radius 3 is 2.74 bits per heavy atom. The Labute approximate surface area is 111 Å². The third-order valence-corrected chi connectivity index (χ3v) is 2.94. The zero-order valence-corrected chi connectivity index (χ0v) is 11.1. The molecule has 3 amide bonds. The Morgan fingerprint density at radius 1 is 1.47 bits per heavy atom. The number of carboxylic acid groups (broad SMARTS) is 1. The highest BCUT2D eigenvalue weighted by molar-refractivity contribution is 5.83. The summed E-state index contributed by atoms with van der Waals surface area (Å²) in [7, 11) is 3.06. The van der Waals surface area contributed by atoms with Crippen molar-refractivity contribution in [3.8, 4) is 0 Å². The van der Waals surface area contributed by atoms with Gasteiger partial charge in [-0.05, 0) is 0 Å². The Morgan fingerprint density at radius 2 is 2.16 bits per heavy atom. The SMILES string of the molecule is CNC(=O)CCN(C)C(=O)N1CCOCC1C(=O)O. The normalized spacial score (nSPS) is 18.8. The van der Waals surface area contributed by atoms with E-state index in [9.17, 15) is 14.4 Å². The van der Waals surface area contributed by atoms with Gasteiger partial charge in [-0.3, -0.25) is 4.79 Å². The van der Waals surface area contributed by atoms with E-state index >= 15 is 0 Å². The molecule has 19 heavy (non-hydrogen) atoms. The Hall–Kier alpha value is -1.83. The highest BCUT2D eigenvalue weighted by Crippen LogP contribution is 2.10. The monoisotopic (exact) mass is 273 g/mol. The van der Waals surface area contributed by atoms with Crippen LogP contribution in [-0.2, 0) is 14.3 Å². The van der Waals surface area contributed by atoms with Crippen molar-refractivity contribution in [2.75, 3.05) is 40.4 Å². The molecule has 8 nitrogen and oxygen atoms in total. The van der Waals surface area contributed by atoms with Crippen LogP contribution in [0.25, 0.3) is 0 Å². The number of aliphatic carboxylic acids is 1. The molecule has 0 saturated carbocycles. The molecule has 1 atom stereocenters. The van der Waals surface area contributed by atoms with Crippen molar-refractivity contribution in [3.63, 3.8) is 0 Å². The second-order valence-electron chi connectivity index (χ2n) is 4.25. The molecule has 0 spiro atoms. The van der Waals surface area contributed by atoms with Crippen molar-refractivity contribution in [3.05, 3.63) is 0 Å². The van der Waals surface area contributed by atoms with Crippen LogP contribution in [0.1, 0.15) is 6.42 Å². The maximum absolute atomic E-state index is 12.1. The lowest BCUT2D eigenvalue weighted by Crippen LogP contribution is -2.56. The lowest BCUT2D eigenvalue weighted by molar-refractivity contribution is -0.147. The number of ether oxygens (including phenoxy) is 1. The molecule has 0 aromatic rings. The highest BCUT2D eigenvalue weighted by Gasteiger charge is 2.34. The standard InChI is InChI=1S/C11H19N3O5/c1-12-9(15)3-4-13(2)11(18)14-5-6-19-7-8(14)10(16)17/h8H,3-7H2,1-2H3,(H,12,15)(H,16,17). The van der Waals surface area contributed by atoms with Crippen LogP contribution in [0.4, 0.5) is 4.79 Å². The Balaban J connectivity index is 2.58. The third-order valence-electron chi connectivity index (χ3n) is 2.94. The van der Waals surface area contributed by atoms with Crippen LogP contribution < -0.4 is 5.32 Å². The number of hydrogen-bond donors (Lipinski definition) is 2. The fourth-order valence-corrected chi connectivity index (χ4v) is 1.75. The van der Waals surface area contributed by atoms with Gasteiger partial charge < -0.3 is 25.0 Å². The van der Waals surface area contributed by atoms with Gasteiger partial charge in [0.2, 0.25) is 5.91 Å². The number of hydrogen-bond acceptors (Lipinski definition) is 4. The molecule has 1 saturated heterocycles. The van der Waals surface area contributed by atoms with E-state index in [4.69, 9.17) is 9.84 Å². The van der Waals surface area contributed by atoms with Crippen LogP contribution in [-0.4, -0.2) is 79.3 Å². The highest BCUT2D eigenvalue weighted by atomic mass is 16.5. The molecule has 108 valence electrons. The third kappa shape index (κ3) is 4.09. The van der Waals surface area contributed by atoms with Gasteiger partial charge in [0.25, 0.3) is 0 Å². The largest absolute Gasteiger partial charge is 0.480 e. The van der Waals surface area contributed by atoms with Gasteiger partial charge in [-0.2, -0.15) is 0 Å². The molecule has 0 radical (unpaired) electrons. The van der Waals surface area contributed by atoms with Gasteiger partial charge in [0.1, 0.15) is 0 Å². The second-order valence-corrected chi connectivity index (χ2v) is 4.25. The van der Waals surface area contributed by atoms with Crippen molar-refractivity contribution < 1.29 is 24.2 Å². The van der Waals surface area contributed by atoms with Crippen molar-refractivity contribution >= 4 is 17.9 Å². The first-order valence-electron chi connectivity index (χ1n) is 6.00. The number of rotatable bonds is 4. The van der Waals surface area contributed by atoms with Crippen LogP contribution in [0.3, 0.4) is 0 Å². The summed E-state index contributed by atoms with van der Waals surface area (Å²) in [6.07, 6.45) is 0.181. The number of carbonyl (C=O) groups excluding carboxylic acids is 2. The Bertz CT molecular complexity index is 360. The molecule has 1 rings (SSSR count). The molecule has 2 N–H and O–H groups in total. The predicted octanol–water partition coefficient (Wildman–Crippen LogP) is -1.04. The summed E-state index contributed by atoms with van der Waals surface area (Å²) >= 11 is 0. The van der Waals surface area contributed by atoms with E-state index in [1.807, 2.05) is 0 Å². The molecule has 1 aliphatic heterocycles. The number of urea groups is 1. The lowest BCUT2D eigenvalue weighted by atomic mass is 10.2. The average molecular weight is 273 g/mol. The van der Waals surface area contributed by atoms with Gasteiger partial charge >= 0.3 is 12.0 Å². The smallest absolute Gasteiger partial charge is 0.328 e. The number of carbonyl (C=O) groups is 3. The number of amides is 3. The summed E-state index contributed by atoms with van der Waals surface area (Å²) in [5.74, 6) is -1.26. The minimum absolute atomic E-state index is 0.00956. The van der Waals surface area contributed by atoms with E-state index in [-0.39, 0.29) is 32.0 Å². The van der Waals surface area contributed by atoms with Crippen molar-refractivity contribution in [2.24, 2.45) is 0 Å². The zero-order valence-electron chi connectivity index (χ0n) is 11.1. The number of carboxylic acids is 1. The molecule has 0 bridgehead atoms. The van der Waals surface area contributed by atoms with E-state index in [1.54, 1.807) is 7.05 Å². The van der Waals surface area contributed by atoms with E-state index in [0.29, 0.717) is 6.61 Å². The summed E-state index contributed by atoms with van der Waals surface area (Å²) in [5, 5.41) is 11.5. The molecule has 8 heteroatoms.